The SMILES string of the molecule is CC(C)(C)Sc1ccc(N2C(=O)C[C@@H]3CS(=O)(=O)C[C@@H]32)cc1. The first kappa shape index (κ1) is 15.9. The van der Waals surface area contributed by atoms with Gasteiger partial charge in [-0.15, -0.1) is 11.8 Å². The number of fused-ring (bicyclic) bond motifs is 1. The minimum Gasteiger partial charge on any atom is -0.308 e. The number of rotatable bonds is 2. The van der Waals surface area contributed by atoms with Gasteiger partial charge in [0.1, 0.15) is 0 Å². The fourth-order valence-electron chi connectivity index (χ4n) is 3.25. The van der Waals surface area contributed by atoms with Crippen molar-refractivity contribution in [3.63, 3.8) is 0 Å². The third-order valence-corrected chi connectivity index (χ3v) is 6.92. The fraction of sp³-hybridized carbons (Fsp3) is 0.562. The molecule has 22 heavy (non-hydrogen) atoms. The first-order valence-corrected chi connectivity index (χ1v) is 10.1. The van der Waals surface area contributed by atoms with Gasteiger partial charge in [-0.05, 0) is 24.3 Å². The van der Waals surface area contributed by atoms with Gasteiger partial charge in [-0.3, -0.25) is 4.79 Å². The number of benzene rings is 1. The van der Waals surface area contributed by atoms with E-state index in [1.165, 1.54) is 0 Å². The Hall–Kier alpha value is -1.01. The van der Waals surface area contributed by atoms with E-state index in [0.717, 1.165) is 10.6 Å². The topological polar surface area (TPSA) is 54.5 Å². The van der Waals surface area contributed by atoms with E-state index in [4.69, 9.17) is 0 Å². The van der Waals surface area contributed by atoms with Gasteiger partial charge in [0.15, 0.2) is 9.84 Å². The molecule has 2 saturated heterocycles. The molecule has 2 aliphatic heterocycles. The molecule has 2 fully saturated rings. The summed E-state index contributed by atoms with van der Waals surface area (Å²) in [7, 11) is -3.00. The minimum atomic E-state index is -3.00. The van der Waals surface area contributed by atoms with Crippen molar-refractivity contribution in [3.05, 3.63) is 24.3 Å². The van der Waals surface area contributed by atoms with Gasteiger partial charge in [0, 0.05) is 27.7 Å². The Kier molecular flexibility index (Phi) is 3.80. The summed E-state index contributed by atoms with van der Waals surface area (Å²) in [5, 5.41) is 0. The largest absolute Gasteiger partial charge is 0.308 e. The second-order valence-electron chi connectivity index (χ2n) is 7.08. The molecule has 0 bridgehead atoms. The van der Waals surface area contributed by atoms with E-state index < -0.39 is 9.84 Å². The highest BCUT2D eigenvalue weighted by atomic mass is 32.2. The lowest BCUT2D eigenvalue weighted by molar-refractivity contribution is -0.117. The summed E-state index contributed by atoms with van der Waals surface area (Å²) in [6, 6.07) is 7.70. The molecule has 4 nitrogen and oxygen atoms in total. The van der Waals surface area contributed by atoms with Crippen LogP contribution in [0.1, 0.15) is 27.2 Å². The van der Waals surface area contributed by atoms with Crippen molar-refractivity contribution in [2.75, 3.05) is 16.4 Å². The van der Waals surface area contributed by atoms with E-state index >= 15 is 0 Å². The molecule has 0 aromatic heterocycles. The van der Waals surface area contributed by atoms with Crippen LogP contribution in [-0.2, 0) is 14.6 Å². The normalized spacial score (nSPS) is 27.2. The number of hydrogen-bond donors (Lipinski definition) is 0. The summed E-state index contributed by atoms with van der Waals surface area (Å²) in [4.78, 5) is 15.1. The van der Waals surface area contributed by atoms with Gasteiger partial charge in [-0.25, -0.2) is 8.42 Å². The van der Waals surface area contributed by atoms with E-state index in [2.05, 4.69) is 20.8 Å². The lowest BCUT2D eigenvalue weighted by Gasteiger charge is -2.24. The molecule has 0 spiro atoms. The van der Waals surface area contributed by atoms with Crippen molar-refractivity contribution < 1.29 is 13.2 Å². The van der Waals surface area contributed by atoms with Crippen molar-refractivity contribution in [1.82, 2.24) is 0 Å². The molecule has 2 heterocycles. The highest BCUT2D eigenvalue weighted by molar-refractivity contribution is 8.00. The standard InChI is InChI=1S/C16H21NO3S2/c1-16(2,3)21-13-6-4-12(5-7-13)17-14-10-22(19,20)9-11(14)8-15(17)18/h4-7,11,14H,8-10H2,1-3H3/t11-,14+/m1/s1. The molecule has 1 aromatic rings. The molecule has 0 unspecified atom stereocenters. The van der Waals surface area contributed by atoms with Gasteiger partial charge >= 0.3 is 0 Å². The van der Waals surface area contributed by atoms with Crippen LogP contribution in [0.25, 0.3) is 0 Å². The monoisotopic (exact) mass is 339 g/mol. The Morgan fingerprint density at radius 3 is 2.36 bits per heavy atom. The van der Waals surface area contributed by atoms with Crippen LogP contribution in [0.4, 0.5) is 5.69 Å². The predicted molar refractivity (Wildman–Crippen MR) is 90.1 cm³/mol. The van der Waals surface area contributed by atoms with Gasteiger partial charge in [-0.2, -0.15) is 0 Å². The lowest BCUT2D eigenvalue weighted by atomic mass is 10.1. The Balaban J connectivity index is 1.83. The van der Waals surface area contributed by atoms with Gasteiger partial charge in [0.2, 0.25) is 5.91 Å². The van der Waals surface area contributed by atoms with Crippen LogP contribution in [-0.4, -0.2) is 36.6 Å². The minimum absolute atomic E-state index is 0.0406. The summed E-state index contributed by atoms with van der Waals surface area (Å²) >= 11 is 1.77. The van der Waals surface area contributed by atoms with Crippen LogP contribution in [0.2, 0.25) is 0 Å². The number of anilines is 1. The van der Waals surface area contributed by atoms with Gasteiger partial charge < -0.3 is 4.90 Å². The zero-order valence-electron chi connectivity index (χ0n) is 13.1. The molecule has 2 atom stereocenters. The molecule has 0 aliphatic carbocycles. The zero-order valence-corrected chi connectivity index (χ0v) is 14.7. The number of carbonyl (C=O) groups is 1. The number of carbonyl (C=O) groups excluding carboxylic acids is 1. The number of nitrogens with zero attached hydrogens (tertiary/aromatic N) is 1. The van der Waals surface area contributed by atoms with Crippen LogP contribution >= 0.6 is 11.8 Å². The highest BCUT2D eigenvalue weighted by Crippen LogP contribution is 2.38. The molecule has 120 valence electrons. The van der Waals surface area contributed by atoms with Gasteiger partial charge in [-0.1, -0.05) is 20.8 Å². The molecular formula is C16H21NO3S2. The second kappa shape index (κ2) is 5.27. The Bertz CT molecular complexity index is 689. The summed E-state index contributed by atoms with van der Waals surface area (Å²) in [6.45, 7) is 6.47. The van der Waals surface area contributed by atoms with E-state index in [9.17, 15) is 13.2 Å². The summed E-state index contributed by atoms with van der Waals surface area (Å²) in [5.41, 5.74) is 0.813. The predicted octanol–water partition coefficient (Wildman–Crippen LogP) is 2.73. The Labute approximate surface area is 136 Å². The molecule has 0 saturated carbocycles. The first-order chi connectivity index (χ1) is 10.1. The van der Waals surface area contributed by atoms with Crippen LogP contribution in [0.5, 0.6) is 0 Å². The average Bonchev–Trinajstić information content (AvgIpc) is 2.79. The Morgan fingerprint density at radius 1 is 1.14 bits per heavy atom. The molecular weight excluding hydrogens is 318 g/mol. The Morgan fingerprint density at radius 2 is 1.77 bits per heavy atom. The maximum Gasteiger partial charge on any atom is 0.227 e. The van der Waals surface area contributed by atoms with Crippen molar-refractivity contribution in [2.45, 2.75) is 42.9 Å². The number of sulfone groups is 1. The third-order valence-electron chi connectivity index (χ3n) is 4.01. The number of amides is 1. The van der Waals surface area contributed by atoms with E-state index in [1.807, 2.05) is 24.3 Å². The summed E-state index contributed by atoms with van der Waals surface area (Å²) in [5.74, 6) is 0.252. The van der Waals surface area contributed by atoms with Crippen molar-refractivity contribution in [2.24, 2.45) is 5.92 Å². The third kappa shape index (κ3) is 3.18. The maximum atomic E-state index is 12.2. The van der Waals surface area contributed by atoms with E-state index in [0.29, 0.717) is 6.42 Å². The fourth-order valence-corrected chi connectivity index (χ4v) is 6.30. The van der Waals surface area contributed by atoms with Crippen molar-refractivity contribution >= 4 is 33.2 Å². The van der Waals surface area contributed by atoms with Crippen LogP contribution in [0.3, 0.4) is 0 Å². The number of thioether (sulfide) groups is 1. The van der Waals surface area contributed by atoms with Crippen molar-refractivity contribution in [1.29, 1.82) is 0 Å². The molecule has 2 aliphatic rings. The smallest absolute Gasteiger partial charge is 0.227 e. The quantitative estimate of drug-likeness (QED) is 0.778. The second-order valence-corrected chi connectivity index (χ2v) is 11.1. The van der Waals surface area contributed by atoms with Crippen LogP contribution in [0, 0.1) is 5.92 Å². The van der Waals surface area contributed by atoms with Gasteiger partial charge in [0.05, 0.1) is 17.5 Å². The molecule has 6 heteroatoms. The summed E-state index contributed by atoms with van der Waals surface area (Å²) in [6.07, 6.45) is 0.350. The zero-order chi connectivity index (χ0) is 16.1. The van der Waals surface area contributed by atoms with E-state index in [1.54, 1.807) is 16.7 Å². The van der Waals surface area contributed by atoms with Crippen LogP contribution in [0.15, 0.2) is 29.2 Å². The van der Waals surface area contributed by atoms with E-state index in [-0.39, 0.29) is 34.1 Å². The highest BCUT2D eigenvalue weighted by Gasteiger charge is 2.49. The molecule has 3 rings (SSSR count). The summed E-state index contributed by atoms with van der Waals surface area (Å²) < 4.78 is 23.7. The molecule has 1 amide bonds. The molecule has 1 aromatic carbocycles. The molecule has 0 N–H and O–H groups in total. The number of hydrogen-bond acceptors (Lipinski definition) is 4. The van der Waals surface area contributed by atoms with Crippen molar-refractivity contribution in [3.8, 4) is 0 Å². The lowest BCUT2D eigenvalue weighted by Crippen LogP contribution is -2.36. The maximum absolute atomic E-state index is 12.2. The first-order valence-electron chi connectivity index (χ1n) is 7.46. The molecule has 0 radical (unpaired) electrons. The van der Waals surface area contributed by atoms with Crippen LogP contribution < -0.4 is 4.90 Å². The van der Waals surface area contributed by atoms with Gasteiger partial charge in [0.25, 0.3) is 0 Å². The average molecular weight is 339 g/mol.